The van der Waals surface area contributed by atoms with E-state index in [1.165, 1.54) is 36.9 Å². The van der Waals surface area contributed by atoms with Gasteiger partial charge in [-0.05, 0) is 162 Å². The number of hydrogen-bond acceptors (Lipinski definition) is 16. The number of carbonyl (C=O) groups excluding carboxylic acids is 2. The van der Waals surface area contributed by atoms with Crippen molar-refractivity contribution >= 4 is 73.8 Å². The van der Waals surface area contributed by atoms with E-state index >= 15 is 0 Å². The number of nitrogens with one attached hydrogen (secondary N) is 2. The zero-order valence-corrected chi connectivity index (χ0v) is 44.6. The van der Waals surface area contributed by atoms with Gasteiger partial charge in [-0.1, -0.05) is 24.3 Å². The fourth-order valence-electron chi connectivity index (χ4n) is 9.02. The summed E-state index contributed by atoms with van der Waals surface area (Å²) in [6.07, 6.45) is 0.574. The lowest BCUT2D eigenvalue weighted by molar-refractivity contribution is -0.138. The van der Waals surface area contributed by atoms with Gasteiger partial charge in [-0.3, -0.25) is 0 Å². The second kappa shape index (κ2) is 23.2. The Morgan fingerprint density at radius 1 is 0.636 bits per heavy atom. The third-order valence-corrected chi connectivity index (χ3v) is 15.0. The van der Waals surface area contributed by atoms with Crippen LogP contribution in [0.5, 0.6) is 0 Å². The first-order valence-corrected chi connectivity index (χ1v) is 26.0. The minimum absolute atomic E-state index is 0.0170. The fraction of sp³-hybridized carbons (Fsp3) is 0.259. The molecule has 0 saturated carbocycles. The Kier molecular flexibility index (Phi) is 16.9. The standard InChI is InChI=1S/C27H23F3N4O3S.C15H15NO3S.C12H9BrF3N3/c1-15-11-20(33-23(12-15)34-22-13-16(8-10-31-22)27(28,29)30)21-14-32-25(38-21)26(36)9-4-6-17-18(24(35)37-2)5-3-7-19(17)26;1-19-13(17)11-4-2-6-12-10(11)5-3-7-15(12,18)14-16-8-9-20-14;1-7-4-9(13)18-11(5-7)19-10-6-8(2-3-17-10)12(14,15)16/h3,5,7-8,10-14,36H,4,6,9H2,1-2H3,(H,31,33,34);2,4,6,8-9,18H,3,5,7H2,1H3;2-6H,1H3,(H,17,18,19). The van der Waals surface area contributed by atoms with Crippen LogP contribution in [0.3, 0.4) is 0 Å². The molecule has 0 bridgehead atoms. The lowest BCUT2D eigenvalue weighted by atomic mass is 9.77. The third kappa shape index (κ3) is 12.8. The van der Waals surface area contributed by atoms with Gasteiger partial charge in [0.05, 0.1) is 47.0 Å². The molecule has 2 atom stereocenters. The van der Waals surface area contributed by atoms with Crippen LogP contribution >= 0.6 is 38.6 Å². The number of rotatable bonds is 9. The van der Waals surface area contributed by atoms with Crippen molar-refractivity contribution < 1.29 is 55.6 Å². The first-order chi connectivity index (χ1) is 36.6. The summed E-state index contributed by atoms with van der Waals surface area (Å²) in [5.41, 5.74) is 2.26. The van der Waals surface area contributed by atoms with E-state index < -0.39 is 40.7 Å². The molecule has 0 saturated heterocycles. The normalized spacial score (nSPS) is 16.8. The maximum absolute atomic E-state index is 13.1. The molecule has 0 aliphatic heterocycles. The smallest absolute Gasteiger partial charge is 0.416 e. The van der Waals surface area contributed by atoms with E-state index in [1.54, 1.807) is 60.9 Å². The molecular formula is C54H47BrF6N8O6S2. The molecule has 0 spiro atoms. The number of thiazole rings is 2. The van der Waals surface area contributed by atoms with Crippen molar-refractivity contribution in [2.24, 2.45) is 0 Å². The molecule has 6 heterocycles. The van der Waals surface area contributed by atoms with Gasteiger partial charge < -0.3 is 30.3 Å². The first-order valence-electron chi connectivity index (χ1n) is 23.6. The number of nitrogens with zero attached hydrogens (tertiary/aromatic N) is 6. The highest BCUT2D eigenvalue weighted by molar-refractivity contribution is 9.10. The molecular weight excluding hydrogens is 1110 g/mol. The number of anilines is 4. The van der Waals surface area contributed by atoms with Crippen LogP contribution in [-0.4, -0.2) is 66.3 Å². The Hall–Kier alpha value is -7.18. The Morgan fingerprint density at radius 3 is 1.62 bits per heavy atom. The highest BCUT2D eigenvalue weighted by Gasteiger charge is 2.42. The van der Waals surface area contributed by atoms with Gasteiger partial charge in [-0.15, -0.1) is 22.7 Å². The van der Waals surface area contributed by atoms with Gasteiger partial charge in [0.25, 0.3) is 0 Å². The number of hydrogen-bond donors (Lipinski definition) is 4. The van der Waals surface area contributed by atoms with Crippen molar-refractivity contribution in [1.82, 2.24) is 29.9 Å². The number of esters is 2. The predicted molar refractivity (Wildman–Crippen MR) is 281 cm³/mol. The molecule has 400 valence electrons. The van der Waals surface area contributed by atoms with Crippen LogP contribution in [0, 0.1) is 13.8 Å². The third-order valence-electron chi connectivity index (χ3n) is 12.5. The van der Waals surface area contributed by atoms with Crippen LogP contribution in [0.15, 0.2) is 120 Å². The first kappa shape index (κ1) is 56.0. The second-order valence-corrected chi connectivity index (χ2v) is 20.6. The molecule has 2 aliphatic rings. The molecule has 2 aromatic carbocycles. The van der Waals surface area contributed by atoms with Gasteiger partial charge in [-0.2, -0.15) is 26.3 Å². The topological polar surface area (TPSA) is 194 Å². The summed E-state index contributed by atoms with van der Waals surface area (Å²) in [5.74, 6) is 0.0589. The number of ether oxygens (including phenoxy) is 2. The maximum atomic E-state index is 13.1. The zero-order chi connectivity index (χ0) is 55.3. The van der Waals surface area contributed by atoms with Crippen LogP contribution in [0.2, 0.25) is 0 Å². The van der Waals surface area contributed by atoms with Gasteiger partial charge in [-0.25, -0.2) is 39.5 Å². The zero-order valence-electron chi connectivity index (χ0n) is 41.4. The molecule has 23 heteroatoms. The van der Waals surface area contributed by atoms with Crippen molar-refractivity contribution in [2.45, 2.75) is 75.9 Å². The number of aromatic nitrogens is 6. The van der Waals surface area contributed by atoms with E-state index in [0.717, 1.165) is 77.3 Å². The van der Waals surface area contributed by atoms with E-state index in [4.69, 9.17) is 9.47 Å². The molecule has 4 N–H and O–H groups in total. The number of pyridine rings is 4. The lowest BCUT2D eigenvalue weighted by Crippen LogP contribution is -2.32. The SMILES string of the molecule is COC(=O)c1cccc2c1CCCC2(O)c1ncc(-c2cc(C)cc(Nc3cc(C(F)(F)F)ccn3)n2)s1.COC(=O)c1cccc2c1CCCC2(O)c1nccs1.Cc1cc(Br)nc(Nc2cc(C(F)(F)F)ccn2)c1. The van der Waals surface area contributed by atoms with Crippen LogP contribution < -0.4 is 10.6 Å². The summed E-state index contributed by atoms with van der Waals surface area (Å²) >= 11 is 5.93. The highest BCUT2D eigenvalue weighted by Crippen LogP contribution is 2.45. The highest BCUT2D eigenvalue weighted by atomic mass is 79.9. The number of halogens is 7. The van der Waals surface area contributed by atoms with Crippen LogP contribution in [0.4, 0.5) is 49.6 Å². The minimum atomic E-state index is -4.49. The molecule has 2 unspecified atom stereocenters. The summed E-state index contributed by atoms with van der Waals surface area (Å²) in [6.45, 7) is 3.70. The summed E-state index contributed by atoms with van der Waals surface area (Å²) in [4.78, 5) is 50.1. The molecule has 14 nitrogen and oxygen atoms in total. The lowest BCUT2D eigenvalue weighted by Gasteiger charge is -2.33. The predicted octanol–water partition coefficient (Wildman–Crippen LogP) is 12.8. The molecule has 8 aromatic rings. The van der Waals surface area contributed by atoms with Crippen LogP contribution in [0.25, 0.3) is 10.6 Å². The number of fused-ring (bicyclic) bond motifs is 2. The van der Waals surface area contributed by atoms with E-state index in [1.807, 2.05) is 31.4 Å². The molecule has 6 aromatic heterocycles. The number of benzene rings is 2. The quantitative estimate of drug-likeness (QED) is 0.0605. The minimum Gasteiger partial charge on any atom is -0.465 e. The number of methoxy groups -OCH3 is 2. The summed E-state index contributed by atoms with van der Waals surface area (Å²) in [6, 6.07) is 21.4. The fourth-order valence-corrected chi connectivity index (χ4v) is 11.4. The van der Waals surface area contributed by atoms with Crippen molar-refractivity contribution in [3.63, 3.8) is 0 Å². The van der Waals surface area contributed by atoms with Crippen molar-refractivity contribution in [1.29, 1.82) is 0 Å². The van der Waals surface area contributed by atoms with Gasteiger partial charge in [0.15, 0.2) is 0 Å². The average Bonchev–Trinajstić information content (AvgIpc) is 4.14. The number of alkyl halides is 6. The van der Waals surface area contributed by atoms with E-state index in [2.05, 4.69) is 56.5 Å². The van der Waals surface area contributed by atoms with Gasteiger partial charge in [0.2, 0.25) is 0 Å². The van der Waals surface area contributed by atoms with Crippen LogP contribution in [0.1, 0.15) is 101 Å². The monoisotopic (exact) mass is 1160 g/mol. The Morgan fingerprint density at radius 2 is 1.14 bits per heavy atom. The molecule has 2 aliphatic carbocycles. The Balaban J connectivity index is 0.000000169. The van der Waals surface area contributed by atoms with E-state index in [9.17, 15) is 46.1 Å². The Labute approximate surface area is 453 Å². The van der Waals surface area contributed by atoms with Crippen LogP contribution in [-0.2, 0) is 45.9 Å². The van der Waals surface area contributed by atoms with Crippen molar-refractivity contribution in [3.8, 4) is 10.6 Å². The molecule has 0 amide bonds. The number of aryl methyl sites for hydroxylation is 2. The van der Waals surface area contributed by atoms with Crippen molar-refractivity contribution in [3.05, 3.63) is 185 Å². The Bertz CT molecular complexity index is 3420. The molecule has 77 heavy (non-hydrogen) atoms. The van der Waals surface area contributed by atoms with E-state index in [-0.39, 0.29) is 17.6 Å². The van der Waals surface area contributed by atoms with Gasteiger partial charge in [0.1, 0.15) is 49.1 Å². The second-order valence-electron chi connectivity index (χ2n) is 17.8. The largest absolute Gasteiger partial charge is 0.465 e. The summed E-state index contributed by atoms with van der Waals surface area (Å²) in [5, 5.41) is 31.4. The van der Waals surface area contributed by atoms with E-state index in [0.29, 0.717) is 79.2 Å². The summed E-state index contributed by atoms with van der Waals surface area (Å²) < 4.78 is 87.3. The number of aliphatic hydroxyl groups is 2. The number of carbonyl (C=O) groups is 2. The average molecular weight is 1160 g/mol. The van der Waals surface area contributed by atoms with Gasteiger partial charge in [0, 0.05) is 30.2 Å². The molecule has 0 radical (unpaired) electrons. The van der Waals surface area contributed by atoms with Gasteiger partial charge >= 0.3 is 24.3 Å². The maximum Gasteiger partial charge on any atom is 0.416 e. The molecule has 0 fully saturated rings. The summed E-state index contributed by atoms with van der Waals surface area (Å²) in [7, 11) is 2.70. The van der Waals surface area contributed by atoms with Crippen molar-refractivity contribution in [2.75, 3.05) is 24.9 Å². The molecule has 10 rings (SSSR count).